The molecule has 1 atom stereocenters. The van der Waals surface area contributed by atoms with Crippen molar-refractivity contribution in [1.82, 2.24) is 20.2 Å². The Morgan fingerprint density at radius 1 is 1.34 bits per heavy atom. The summed E-state index contributed by atoms with van der Waals surface area (Å²) in [6, 6.07) is 7.54. The highest BCUT2D eigenvalue weighted by Gasteiger charge is 2.21. The fraction of sp³-hybridized carbons (Fsp3) is 0.350. The van der Waals surface area contributed by atoms with E-state index in [4.69, 9.17) is 28.9 Å². The van der Waals surface area contributed by atoms with E-state index in [-0.39, 0.29) is 11.9 Å². The lowest BCUT2D eigenvalue weighted by Gasteiger charge is -2.19. The monoisotopic (exact) mass is 449 g/mol. The molecular formula is C20H21Cl2N5OS. The van der Waals surface area contributed by atoms with E-state index >= 15 is 0 Å². The SMILES string of the molecule is CN1CCCC1CCNC(=O)c1cc2c(-c3ccc(Cl)cc3Cl)nc(N)nc2s1. The lowest BCUT2D eigenvalue weighted by atomic mass is 10.1. The standard InChI is InChI=1S/C20H21Cl2N5OS/c1-27-8-2-3-12(27)6-7-24-18(28)16-10-14-17(25-20(23)26-19(14)29-16)13-5-4-11(21)9-15(13)22/h4-5,9-10,12H,2-3,6-8H2,1H3,(H,24,28)(H2,23,25,26). The average Bonchev–Trinajstić information content (AvgIpc) is 3.27. The van der Waals surface area contributed by atoms with E-state index < -0.39 is 0 Å². The van der Waals surface area contributed by atoms with Crippen molar-refractivity contribution < 1.29 is 4.79 Å². The molecule has 0 radical (unpaired) electrons. The summed E-state index contributed by atoms with van der Waals surface area (Å²) in [4.78, 5) is 24.9. The first-order valence-corrected chi connectivity index (χ1v) is 11.0. The number of anilines is 1. The molecule has 0 spiro atoms. The van der Waals surface area contributed by atoms with Gasteiger partial charge in [-0.25, -0.2) is 9.97 Å². The largest absolute Gasteiger partial charge is 0.368 e. The van der Waals surface area contributed by atoms with Crippen LogP contribution in [0.2, 0.25) is 10.0 Å². The topological polar surface area (TPSA) is 84.1 Å². The van der Waals surface area contributed by atoms with E-state index in [1.807, 2.05) is 0 Å². The zero-order chi connectivity index (χ0) is 20.5. The minimum Gasteiger partial charge on any atom is -0.368 e. The van der Waals surface area contributed by atoms with Crippen LogP contribution in [0.1, 0.15) is 28.9 Å². The van der Waals surface area contributed by atoms with Crippen LogP contribution in [0.15, 0.2) is 24.3 Å². The van der Waals surface area contributed by atoms with Gasteiger partial charge in [0.05, 0.1) is 15.6 Å². The smallest absolute Gasteiger partial charge is 0.261 e. The molecule has 1 aliphatic heterocycles. The summed E-state index contributed by atoms with van der Waals surface area (Å²) in [6.45, 7) is 1.77. The third kappa shape index (κ3) is 4.33. The Morgan fingerprint density at radius 3 is 2.90 bits per heavy atom. The molecule has 3 heterocycles. The van der Waals surface area contributed by atoms with Gasteiger partial charge in [-0.05, 0) is 57.1 Å². The molecule has 9 heteroatoms. The first-order valence-electron chi connectivity index (χ1n) is 9.43. The van der Waals surface area contributed by atoms with Gasteiger partial charge < -0.3 is 16.0 Å². The fourth-order valence-electron chi connectivity index (χ4n) is 3.72. The van der Waals surface area contributed by atoms with E-state index in [1.54, 1.807) is 24.3 Å². The Kier molecular flexibility index (Phi) is 5.92. The second-order valence-electron chi connectivity index (χ2n) is 7.21. The summed E-state index contributed by atoms with van der Waals surface area (Å²) < 4.78 is 0. The van der Waals surface area contributed by atoms with Gasteiger partial charge in [-0.2, -0.15) is 0 Å². The minimum atomic E-state index is -0.111. The number of nitrogens with one attached hydrogen (secondary N) is 1. The lowest BCUT2D eigenvalue weighted by molar-refractivity contribution is 0.0954. The van der Waals surface area contributed by atoms with Crippen LogP contribution < -0.4 is 11.1 Å². The van der Waals surface area contributed by atoms with Crippen molar-refractivity contribution in [2.45, 2.75) is 25.3 Å². The van der Waals surface area contributed by atoms with Crippen LogP contribution in [0, 0.1) is 0 Å². The van der Waals surface area contributed by atoms with Crippen LogP contribution in [0.5, 0.6) is 0 Å². The molecule has 1 aliphatic rings. The molecule has 3 N–H and O–H groups in total. The molecule has 4 rings (SSSR count). The Bertz CT molecular complexity index is 1070. The number of fused-ring (bicyclic) bond motifs is 1. The zero-order valence-electron chi connectivity index (χ0n) is 15.9. The molecule has 1 amide bonds. The van der Waals surface area contributed by atoms with Crippen LogP contribution in [-0.2, 0) is 0 Å². The number of thiophene rings is 1. The number of nitrogen functional groups attached to an aromatic ring is 1. The van der Waals surface area contributed by atoms with Crippen molar-refractivity contribution in [1.29, 1.82) is 0 Å². The van der Waals surface area contributed by atoms with Crippen molar-refractivity contribution in [2.75, 3.05) is 25.9 Å². The summed E-state index contributed by atoms with van der Waals surface area (Å²) >= 11 is 13.7. The first kappa shape index (κ1) is 20.3. The minimum absolute atomic E-state index is 0.111. The number of nitrogens with zero attached hydrogens (tertiary/aromatic N) is 3. The van der Waals surface area contributed by atoms with E-state index in [9.17, 15) is 4.79 Å². The van der Waals surface area contributed by atoms with Crippen molar-refractivity contribution in [3.05, 3.63) is 39.2 Å². The Balaban J connectivity index is 1.58. The van der Waals surface area contributed by atoms with Crippen LogP contribution in [0.25, 0.3) is 21.5 Å². The number of hydrogen-bond acceptors (Lipinski definition) is 6. The second kappa shape index (κ2) is 8.44. The van der Waals surface area contributed by atoms with E-state index in [0.29, 0.717) is 43.6 Å². The number of nitrogens with two attached hydrogens (primary N) is 1. The number of hydrogen-bond donors (Lipinski definition) is 2. The van der Waals surface area contributed by atoms with Crippen molar-refractivity contribution in [3.8, 4) is 11.3 Å². The predicted molar refractivity (Wildman–Crippen MR) is 120 cm³/mol. The van der Waals surface area contributed by atoms with E-state index in [1.165, 1.54) is 24.2 Å². The number of rotatable bonds is 5. The Morgan fingerprint density at radius 2 is 2.17 bits per heavy atom. The molecule has 2 aromatic heterocycles. The van der Waals surface area contributed by atoms with Gasteiger partial charge in [0.15, 0.2) is 0 Å². The number of aromatic nitrogens is 2. The molecular weight excluding hydrogens is 429 g/mol. The van der Waals surface area contributed by atoms with Gasteiger partial charge in [-0.3, -0.25) is 4.79 Å². The Hall–Kier alpha value is -1.93. The Labute approximate surface area is 183 Å². The predicted octanol–water partition coefficient (Wildman–Crippen LogP) is 4.46. The molecule has 0 aliphatic carbocycles. The first-order chi connectivity index (χ1) is 13.9. The molecule has 29 heavy (non-hydrogen) atoms. The normalized spacial score (nSPS) is 17.1. The molecule has 1 fully saturated rings. The molecule has 1 aromatic carbocycles. The molecule has 6 nitrogen and oxygen atoms in total. The highest BCUT2D eigenvalue weighted by Crippen LogP contribution is 2.36. The number of benzene rings is 1. The molecule has 152 valence electrons. The van der Waals surface area contributed by atoms with Gasteiger partial charge >= 0.3 is 0 Å². The van der Waals surface area contributed by atoms with Crippen LogP contribution in [0.4, 0.5) is 5.95 Å². The third-order valence-electron chi connectivity index (χ3n) is 5.25. The quantitative estimate of drug-likeness (QED) is 0.600. The number of likely N-dealkylation sites (tertiary alicyclic amines) is 1. The average molecular weight is 450 g/mol. The fourth-order valence-corrected chi connectivity index (χ4v) is 5.17. The zero-order valence-corrected chi connectivity index (χ0v) is 18.2. The highest BCUT2D eigenvalue weighted by molar-refractivity contribution is 7.20. The molecule has 1 saturated heterocycles. The summed E-state index contributed by atoms with van der Waals surface area (Å²) in [7, 11) is 2.14. The lowest BCUT2D eigenvalue weighted by Crippen LogP contribution is -2.31. The van der Waals surface area contributed by atoms with Crippen LogP contribution in [-0.4, -0.2) is 47.0 Å². The van der Waals surface area contributed by atoms with Crippen molar-refractivity contribution >= 4 is 56.6 Å². The van der Waals surface area contributed by atoms with Crippen LogP contribution >= 0.6 is 34.5 Å². The number of carbonyl (C=O) groups excluding carboxylic acids is 1. The van der Waals surface area contributed by atoms with Gasteiger partial charge in [-0.1, -0.05) is 23.2 Å². The summed E-state index contributed by atoms with van der Waals surface area (Å²) in [5.41, 5.74) is 7.19. The van der Waals surface area contributed by atoms with Gasteiger partial charge in [-0.15, -0.1) is 11.3 Å². The number of halogens is 2. The summed E-state index contributed by atoms with van der Waals surface area (Å²) in [6.07, 6.45) is 3.36. The van der Waals surface area contributed by atoms with E-state index in [2.05, 4.69) is 27.2 Å². The molecule has 1 unspecified atom stereocenters. The van der Waals surface area contributed by atoms with E-state index in [0.717, 1.165) is 18.4 Å². The molecule has 0 saturated carbocycles. The molecule has 3 aromatic rings. The maximum atomic E-state index is 12.7. The summed E-state index contributed by atoms with van der Waals surface area (Å²) in [5.74, 6) is 0.0250. The van der Waals surface area contributed by atoms with Gasteiger partial charge in [0.2, 0.25) is 5.95 Å². The van der Waals surface area contributed by atoms with Crippen molar-refractivity contribution in [2.24, 2.45) is 0 Å². The maximum Gasteiger partial charge on any atom is 0.261 e. The third-order valence-corrected chi connectivity index (χ3v) is 6.83. The summed E-state index contributed by atoms with van der Waals surface area (Å²) in [5, 5.41) is 4.77. The van der Waals surface area contributed by atoms with Gasteiger partial charge in [0.25, 0.3) is 5.91 Å². The van der Waals surface area contributed by atoms with Gasteiger partial charge in [0, 0.05) is 28.6 Å². The van der Waals surface area contributed by atoms with Crippen molar-refractivity contribution in [3.63, 3.8) is 0 Å². The number of carbonyl (C=O) groups is 1. The number of amides is 1. The van der Waals surface area contributed by atoms with Crippen LogP contribution in [0.3, 0.4) is 0 Å². The van der Waals surface area contributed by atoms with Gasteiger partial charge in [0.1, 0.15) is 4.83 Å². The highest BCUT2D eigenvalue weighted by atomic mass is 35.5. The second-order valence-corrected chi connectivity index (χ2v) is 9.08. The maximum absolute atomic E-state index is 12.7. The molecule has 0 bridgehead atoms.